The Bertz CT molecular complexity index is 154. The summed E-state index contributed by atoms with van der Waals surface area (Å²) < 4.78 is 23.2. The Morgan fingerprint density at radius 3 is 2.42 bits per heavy atom. The van der Waals surface area contributed by atoms with Crippen molar-refractivity contribution in [1.29, 1.82) is 0 Å². The van der Waals surface area contributed by atoms with Crippen LogP contribution in [0.4, 0.5) is 8.78 Å². The third-order valence-corrected chi connectivity index (χ3v) is 1.07. The summed E-state index contributed by atoms with van der Waals surface area (Å²) in [5, 5.41) is 2.07. The van der Waals surface area contributed by atoms with Gasteiger partial charge in [0.2, 0.25) is 5.91 Å². The maximum absolute atomic E-state index is 11.6. The normalized spacial score (nSPS) is 11.8. The Balaban J connectivity index is 3.61. The van der Waals surface area contributed by atoms with E-state index >= 15 is 0 Å². The lowest BCUT2D eigenvalue weighted by Crippen LogP contribution is -2.40. The number of alkyl halides is 2. The Kier molecular flexibility index (Phi) is 4.09. The van der Waals surface area contributed by atoms with Gasteiger partial charge < -0.3 is 11.1 Å². The van der Waals surface area contributed by atoms with Crippen LogP contribution in [0.5, 0.6) is 0 Å². The molecule has 0 aromatic heterocycles. The first-order valence-corrected chi connectivity index (χ1v) is 3.65. The Morgan fingerprint density at radius 1 is 1.58 bits per heavy atom. The van der Waals surface area contributed by atoms with Crippen LogP contribution in [-0.2, 0) is 4.79 Å². The molecule has 0 aliphatic carbocycles. The summed E-state index contributed by atoms with van der Waals surface area (Å²) in [7, 11) is 0. The molecule has 0 unspecified atom stereocenters. The molecule has 0 saturated carbocycles. The van der Waals surface area contributed by atoms with Crippen molar-refractivity contribution in [2.24, 2.45) is 5.73 Å². The van der Waals surface area contributed by atoms with Crippen LogP contribution in [0.1, 0.15) is 20.3 Å². The molecule has 0 aromatic carbocycles. The average molecular weight is 180 g/mol. The van der Waals surface area contributed by atoms with Crippen LogP contribution in [0.15, 0.2) is 0 Å². The maximum atomic E-state index is 11.6. The zero-order valence-corrected chi connectivity index (χ0v) is 7.23. The Labute approximate surface area is 70.3 Å². The minimum absolute atomic E-state index is 0.0553. The lowest BCUT2D eigenvalue weighted by atomic mass is 10.0. The molecule has 1 amide bonds. The van der Waals surface area contributed by atoms with Gasteiger partial charge in [0.05, 0.1) is 6.54 Å². The fourth-order valence-corrected chi connectivity index (χ4v) is 0.667. The largest absolute Gasteiger partial charge is 0.350 e. The van der Waals surface area contributed by atoms with Crippen molar-refractivity contribution in [2.75, 3.05) is 6.54 Å². The van der Waals surface area contributed by atoms with Crippen LogP contribution >= 0.6 is 0 Å². The standard InChI is InChI=1S/C7H14F2N2O/c1-7(2,10)3-6(12)11-4-5(8)9/h5H,3-4,10H2,1-2H3,(H,11,12). The molecule has 72 valence electrons. The van der Waals surface area contributed by atoms with Gasteiger partial charge in [-0.15, -0.1) is 0 Å². The summed E-state index contributed by atoms with van der Waals surface area (Å²) in [6.45, 7) is 2.72. The van der Waals surface area contributed by atoms with Crippen LogP contribution in [0, 0.1) is 0 Å². The summed E-state index contributed by atoms with van der Waals surface area (Å²) in [5.41, 5.74) is 4.85. The van der Waals surface area contributed by atoms with E-state index in [0.29, 0.717) is 0 Å². The lowest BCUT2D eigenvalue weighted by molar-refractivity contribution is -0.122. The van der Waals surface area contributed by atoms with Crippen molar-refractivity contribution in [3.8, 4) is 0 Å². The molecule has 0 aromatic rings. The molecule has 0 saturated heterocycles. The molecule has 0 aliphatic rings. The molecule has 0 spiro atoms. The second kappa shape index (κ2) is 4.35. The van der Waals surface area contributed by atoms with Gasteiger partial charge in [0, 0.05) is 12.0 Å². The summed E-state index contributed by atoms with van der Waals surface area (Å²) in [6.07, 6.45) is -2.45. The van der Waals surface area contributed by atoms with Crippen LogP contribution in [0.3, 0.4) is 0 Å². The molecule has 0 aliphatic heterocycles. The highest BCUT2D eigenvalue weighted by Crippen LogP contribution is 2.02. The first-order valence-electron chi connectivity index (χ1n) is 3.65. The average Bonchev–Trinajstić information content (AvgIpc) is 1.79. The number of hydrogen-bond acceptors (Lipinski definition) is 2. The van der Waals surface area contributed by atoms with E-state index in [-0.39, 0.29) is 6.42 Å². The molecule has 12 heavy (non-hydrogen) atoms. The Morgan fingerprint density at radius 2 is 2.08 bits per heavy atom. The monoisotopic (exact) mass is 180 g/mol. The van der Waals surface area contributed by atoms with Crippen molar-refractivity contribution in [1.82, 2.24) is 5.32 Å². The molecule has 0 atom stereocenters. The SMILES string of the molecule is CC(C)(N)CC(=O)NCC(F)F. The molecule has 0 rings (SSSR count). The highest BCUT2D eigenvalue weighted by atomic mass is 19.3. The number of carbonyl (C=O) groups excluding carboxylic acids is 1. The van der Waals surface area contributed by atoms with Crippen molar-refractivity contribution < 1.29 is 13.6 Å². The Hall–Kier alpha value is -0.710. The molecule has 5 heteroatoms. The second-order valence-electron chi connectivity index (χ2n) is 3.36. The summed E-state index contributed by atoms with van der Waals surface area (Å²) >= 11 is 0. The van der Waals surface area contributed by atoms with Gasteiger partial charge in [-0.1, -0.05) is 0 Å². The van der Waals surface area contributed by atoms with Gasteiger partial charge >= 0.3 is 0 Å². The summed E-state index contributed by atoms with van der Waals surface area (Å²) in [6, 6.07) is 0. The molecule has 3 N–H and O–H groups in total. The van der Waals surface area contributed by atoms with Crippen LogP contribution < -0.4 is 11.1 Å². The van der Waals surface area contributed by atoms with Gasteiger partial charge in [-0.2, -0.15) is 0 Å². The van der Waals surface area contributed by atoms with E-state index in [2.05, 4.69) is 5.32 Å². The van der Waals surface area contributed by atoms with Gasteiger partial charge in [0.1, 0.15) is 0 Å². The number of nitrogens with two attached hydrogens (primary N) is 1. The van der Waals surface area contributed by atoms with E-state index in [1.807, 2.05) is 0 Å². The maximum Gasteiger partial charge on any atom is 0.255 e. The van der Waals surface area contributed by atoms with Gasteiger partial charge in [-0.3, -0.25) is 4.79 Å². The van der Waals surface area contributed by atoms with Gasteiger partial charge in [-0.25, -0.2) is 8.78 Å². The minimum Gasteiger partial charge on any atom is -0.350 e. The number of halogens is 2. The number of carbonyl (C=O) groups is 1. The van der Waals surface area contributed by atoms with Crippen molar-refractivity contribution in [2.45, 2.75) is 32.2 Å². The summed E-state index contributed by atoms with van der Waals surface area (Å²) in [5.74, 6) is -0.442. The van der Waals surface area contributed by atoms with Gasteiger partial charge in [-0.05, 0) is 13.8 Å². The molecule has 0 radical (unpaired) electrons. The highest BCUT2D eigenvalue weighted by Gasteiger charge is 2.16. The van der Waals surface area contributed by atoms with E-state index in [0.717, 1.165) is 0 Å². The first kappa shape index (κ1) is 11.3. The molecular formula is C7H14F2N2O. The van der Waals surface area contributed by atoms with E-state index < -0.39 is 24.4 Å². The third-order valence-electron chi connectivity index (χ3n) is 1.07. The molecule has 0 fully saturated rings. The zero-order chi connectivity index (χ0) is 9.78. The topological polar surface area (TPSA) is 55.1 Å². The van der Waals surface area contributed by atoms with E-state index in [4.69, 9.17) is 5.73 Å². The van der Waals surface area contributed by atoms with Crippen LogP contribution in [0.2, 0.25) is 0 Å². The number of nitrogens with one attached hydrogen (secondary N) is 1. The van der Waals surface area contributed by atoms with Gasteiger partial charge in [0.15, 0.2) is 0 Å². The quantitative estimate of drug-likeness (QED) is 0.661. The number of amides is 1. The number of rotatable bonds is 4. The van der Waals surface area contributed by atoms with Crippen LogP contribution in [0.25, 0.3) is 0 Å². The van der Waals surface area contributed by atoms with Crippen molar-refractivity contribution in [3.63, 3.8) is 0 Å². The zero-order valence-electron chi connectivity index (χ0n) is 7.23. The third kappa shape index (κ3) is 7.40. The fourth-order valence-electron chi connectivity index (χ4n) is 0.667. The van der Waals surface area contributed by atoms with Gasteiger partial charge in [0.25, 0.3) is 6.43 Å². The highest BCUT2D eigenvalue weighted by molar-refractivity contribution is 5.77. The predicted octanol–water partition coefficient (Wildman–Crippen LogP) is 0.495. The lowest BCUT2D eigenvalue weighted by Gasteiger charge is -2.17. The minimum atomic E-state index is -2.50. The fraction of sp³-hybridized carbons (Fsp3) is 0.857. The second-order valence-corrected chi connectivity index (χ2v) is 3.36. The molecular weight excluding hydrogens is 166 g/mol. The first-order chi connectivity index (χ1) is 5.31. The smallest absolute Gasteiger partial charge is 0.255 e. The van der Waals surface area contributed by atoms with Crippen molar-refractivity contribution in [3.05, 3.63) is 0 Å². The van der Waals surface area contributed by atoms with E-state index in [9.17, 15) is 13.6 Å². The summed E-state index contributed by atoms with van der Waals surface area (Å²) in [4.78, 5) is 10.8. The van der Waals surface area contributed by atoms with E-state index in [1.54, 1.807) is 13.8 Å². The van der Waals surface area contributed by atoms with E-state index in [1.165, 1.54) is 0 Å². The molecule has 0 bridgehead atoms. The molecule has 3 nitrogen and oxygen atoms in total. The van der Waals surface area contributed by atoms with Crippen LogP contribution in [-0.4, -0.2) is 24.4 Å². The predicted molar refractivity (Wildman–Crippen MR) is 41.9 cm³/mol. The number of hydrogen-bond donors (Lipinski definition) is 2. The molecule has 0 heterocycles. The van der Waals surface area contributed by atoms with Crippen molar-refractivity contribution >= 4 is 5.91 Å².